The van der Waals surface area contributed by atoms with E-state index in [4.69, 9.17) is 18.9 Å². The number of alkyl carbamates (subject to hydrolysis) is 1. The Morgan fingerprint density at radius 2 is 1.84 bits per heavy atom. The molecule has 2 fully saturated rings. The largest absolute Gasteiger partial charge is 0.445 e. The Balaban J connectivity index is 1.49. The van der Waals surface area contributed by atoms with Gasteiger partial charge in [0.15, 0.2) is 0 Å². The van der Waals surface area contributed by atoms with Gasteiger partial charge in [-0.25, -0.2) is 13.6 Å². The van der Waals surface area contributed by atoms with E-state index in [0.717, 1.165) is 31.6 Å². The number of amides is 1. The molecule has 2 aliphatic rings. The molecule has 1 aliphatic carbocycles. The number of alkyl halides is 2. The van der Waals surface area contributed by atoms with Gasteiger partial charge in [0.2, 0.25) is 5.92 Å². The van der Waals surface area contributed by atoms with E-state index in [2.05, 4.69) is 5.32 Å². The van der Waals surface area contributed by atoms with E-state index in [0.29, 0.717) is 25.4 Å². The summed E-state index contributed by atoms with van der Waals surface area (Å²) in [6, 6.07) is 8.98. The van der Waals surface area contributed by atoms with Crippen LogP contribution in [-0.4, -0.2) is 56.7 Å². The predicted molar refractivity (Wildman–Crippen MR) is 116 cm³/mol. The fraction of sp³-hybridized carbons (Fsp3) is 0.708. The first-order valence-electron chi connectivity index (χ1n) is 11.6. The minimum absolute atomic E-state index is 0.162. The molecule has 32 heavy (non-hydrogen) atoms. The number of rotatable bonds is 10. The van der Waals surface area contributed by atoms with Crippen molar-refractivity contribution in [2.75, 3.05) is 26.4 Å². The van der Waals surface area contributed by atoms with Gasteiger partial charge in [0.05, 0.1) is 31.5 Å². The lowest BCUT2D eigenvalue weighted by Crippen LogP contribution is -2.48. The van der Waals surface area contributed by atoms with Crippen LogP contribution in [-0.2, 0) is 25.6 Å². The average molecular weight is 456 g/mol. The van der Waals surface area contributed by atoms with E-state index in [-0.39, 0.29) is 38.3 Å². The number of ether oxygens (including phenoxy) is 4. The number of benzene rings is 1. The van der Waals surface area contributed by atoms with Gasteiger partial charge in [-0.1, -0.05) is 30.3 Å². The Morgan fingerprint density at radius 3 is 2.53 bits per heavy atom. The number of carbonyl (C=O) groups is 1. The van der Waals surface area contributed by atoms with E-state index in [1.807, 2.05) is 37.3 Å². The third-order valence-electron chi connectivity index (χ3n) is 6.19. The normalized spacial score (nSPS) is 21.6. The molecular weight excluding hydrogens is 420 g/mol. The third kappa shape index (κ3) is 8.64. The SMILES string of the molecule is C[C@@H](OCC1CCOCC1)[C@@H](COC1CCC(F)(F)CC1)NC(=O)OCc1ccccc1. The minimum Gasteiger partial charge on any atom is -0.445 e. The predicted octanol–water partition coefficient (Wildman–Crippen LogP) is 4.71. The molecule has 6 nitrogen and oxygen atoms in total. The summed E-state index contributed by atoms with van der Waals surface area (Å²) in [5, 5.41) is 2.85. The molecule has 1 aromatic carbocycles. The van der Waals surface area contributed by atoms with Crippen molar-refractivity contribution in [1.82, 2.24) is 5.32 Å². The number of nitrogens with one attached hydrogen (secondary N) is 1. The van der Waals surface area contributed by atoms with Gasteiger partial charge in [0, 0.05) is 26.1 Å². The van der Waals surface area contributed by atoms with Crippen LogP contribution >= 0.6 is 0 Å². The highest BCUT2D eigenvalue weighted by Gasteiger charge is 2.36. The van der Waals surface area contributed by atoms with Crippen LogP contribution in [0.1, 0.15) is 51.0 Å². The van der Waals surface area contributed by atoms with Crippen LogP contribution in [0.25, 0.3) is 0 Å². The fourth-order valence-corrected chi connectivity index (χ4v) is 3.95. The van der Waals surface area contributed by atoms with Crippen molar-refractivity contribution in [3.63, 3.8) is 0 Å². The molecule has 180 valence electrons. The lowest BCUT2D eigenvalue weighted by molar-refractivity contribution is -0.0910. The second-order valence-corrected chi connectivity index (χ2v) is 8.80. The smallest absolute Gasteiger partial charge is 0.407 e. The summed E-state index contributed by atoms with van der Waals surface area (Å²) in [4.78, 5) is 12.4. The Morgan fingerprint density at radius 1 is 1.16 bits per heavy atom. The van der Waals surface area contributed by atoms with E-state index in [9.17, 15) is 13.6 Å². The zero-order valence-electron chi connectivity index (χ0n) is 18.8. The molecule has 1 saturated carbocycles. The van der Waals surface area contributed by atoms with E-state index in [1.54, 1.807) is 0 Å². The maximum Gasteiger partial charge on any atom is 0.407 e. The molecule has 0 spiro atoms. The van der Waals surface area contributed by atoms with E-state index < -0.39 is 18.1 Å². The van der Waals surface area contributed by atoms with Crippen molar-refractivity contribution < 1.29 is 32.5 Å². The minimum atomic E-state index is -2.60. The zero-order chi connectivity index (χ0) is 22.8. The van der Waals surface area contributed by atoms with Crippen molar-refractivity contribution >= 4 is 6.09 Å². The summed E-state index contributed by atoms with van der Waals surface area (Å²) in [7, 11) is 0. The molecule has 1 N–H and O–H groups in total. The molecule has 1 amide bonds. The first kappa shape index (κ1) is 24.9. The Hall–Kier alpha value is -1.77. The number of hydrogen-bond acceptors (Lipinski definition) is 5. The summed E-state index contributed by atoms with van der Waals surface area (Å²) in [5.41, 5.74) is 0.891. The maximum absolute atomic E-state index is 13.4. The van der Waals surface area contributed by atoms with Crippen molar-refractivity contribution in [1.29, 1.82) is 0 Å². The van der Waals surface area contributed by atoms with Crippen molar-refractivity contribution in [3.8, 4) is 0 Å². The maximum atomic E-state index is 13.4. The van der Waals surface area contributed by atoms with Gasteiger partial charge in [-0.2, -0.15) is 0 Å². The number of hydrogen-bond donors (Lipinski definition) is 1. The van der Waals surface area contributed by atoms with Crippen molar-refractivity contribution in [2.24, 2.45) is 5.92 Å². The summed E-state index contributed by atoms with van der Waals surface area (Å²) >= 11 is 0. The van der Waals surface area contributed by atoms with Gasteiger partial charge in [-0.15, -0.1) is 0 Å². The number of carbonyl (C=O) groups excluding carboxylic acids is 1. The van der Waals surface area contributed by atoms with Crippen LogP contribution in [0.3, 0.4) is 0 Å². The molecule has 0 unspecified atom stereocenters. The summed E-state index contributed by atoms with van der Waals surface area (Å²) in [5.74, 6) is -2.17. The molecule has 8 heteroatoms. The van der Waals surface area contributed by atoms with Gasteiger partial charge in [-0.3, -0.25) is 0 Å². The lowest BCUT2D eigenvalue weighted by Gasteiger charge is -2.32. The second-order valence-electron chi connectivity index (χ2n) is 8.80. The highest BCUT2D eigenvalue weighted by molar-refractivity contribution is 5.67. The molecule has 1 saturated heterocycles. The highest BCUT2D eigenvalue weighted by atomic mass is 19.3. The summed E-state index contributed by atoms with van der Waals surface area (Å²) in [6.07, 6.45) is 1.11. The lowest BCUT2D eigenvalue weighted by atomic mass is 9.94. The van der Waals surface area contributed by atoms with Crippen LogP contribution in [0.15, 0.2) is 30.3 Å². The molecule has 0 radical (unpaired) electrons. The van der Waals surface area contributed by atoms with Gasteiger partial charge in [-0.05, 0) is 44.1 Å². The highest BCUT2D eigenvalue weighted by Crippen LogP contribution is 2.34. The van der Waals surface area contributed by atoms with E-state index >= 15 is 0 Å². The monoisotopic (exact) mass is 455 g/mol. The molecule has 3 rings (SSSR count). The van der Waals surface area contributed by atoms with Crippen LogP contribution in [0, 0.1) is 5.92 Å². The Bertz CT molecular complexity index is 674. The molecule has 1 heterocycles. The first-order valence-corrected chi connectivity index (χ1v) is 11.6. The van der Waals surface area contributed by atoms with Gasteiger partial charge in [0.25, 0.3) is 0 Å². The quantitative estimate of drug-likeness (QED) is 0.554. The molecule has 0 bridgehead atoms. The molecule has 1 aliphatic heterocycles. The van der Waals surface area contributed by atoms with Gasteiger partial charge < -0.3 is 24.3 Å². The van der Waals surface area contributed by atoms with Crippen LogP contribution in [0.5, 0.6) is 0 Å². The van der Waals surface area contributed by atoms with Crippen molar-refractivity contribution in [2.45, 2.75) is 76.2 Å². The Labute approximate surface area is 188 Å². The van der Waals surface area contributed by atoms with Crippen LogP contribution < -0.4 is 5.32 Å². The number of halogens is 2. The van der Waals surface area contributed by atoms with Crippen LogP contribution in [0.4, 0.5) is 13.6 Å². The van der Waals surface area contributed by atoms with E-state index in [1.165, 1.54) is 0 Å². The second kappa shape index (κ2) is 12.5. The van der Waals surface area contributed by atoms with Gasteiger partial charge in [0.1, 0.15) is 6.61 Å². The molecule has 1 aromatic rings. The zero-order valence-corrected chi connectivity index (χ0v) is 18.8. The first-order chi connectivity index (χ1) is 15.4. The Kier molecular flexibility index (Phi) is 9.69. The van der Waals surface area contributed by atoms with Crippen molar-refractivity contribution in [3.05, 3.63) is 35.9 Å². The topological polar surface area (TPSA) is 66.0 Å². The molecule has 2 atom stereocenters. The van der Waals surface area contributed by atoms with Crippen LogP contribution in [0.2, 0.25) is 0 Å². The third-order valence-corrected chi connectivity index (χ3v) is 6.19. The summed E-state index contributed by atoms with van der Waals surface area (Å²) < 4.78 is 49.5. The van der Waals surface area contributed by atoms with Gasteiger partial charge >= 0.3 is 6.09 Å². The fourth-order valence-electron chi connectivity index (χ4n) is 3.95. The molecular formula is C24H35F2NO5. The average Bonchev–Trinajstić information content (AvgIpc) is 2.81. The summed E-state index contributed by atoms with van der Waals surface area (Å²) in [6.45, 7) is 4.30. The molecule has 0 aromatic heterocycles. The standard InChI is InChI=1S/C24H35F2NO5/c1-18(30-15-20-9-13-29-14-10-20)22(17-31-21-7-11-24(25,26)12-8-21)27-23(28)32-16-19-5-3-2-4-6-19/h2-6,18,20-22H,7-17H2,1H3,(H,27,28)/t18-,22-/m1/s1.